The van der Waals surface area contributed by atoms with Crippen molar-refractivity contribution in [3.63, 3.8) is 0 Å². The molecule has 1 aromatic heterocycles. The molecule has 0 saturated carbocycles. The number of nitrogens with two attached hydrogens (primary N) is 1. The van der Waals surface area contributed by atoms with Crippen molar-refractivity contribution >= 4 is 54.8 Å². The van der Waals surface area contributed by atoms with Gasteiger partial charge in [0.05, 0.1) is 5.69 Å². The van der Waals surface area contributed by atoms with E-state index in [2.05, 4.69) is 26.0 Å². The SMILES string of the molecule is NS(=O)(=O)Nc1cccc(NC(=O)c2sccc2Br)c1. The number of benzene rings is 1. The van der Waals surface area contributed by atoms with E-state index in [0.717, 1.165) is 0 Å². The number of anilines is 2. The van der Waals surface area contributed by atoms with Crippen LogP contribution < -0.4 is 15.2 Å². The summed E-state index contributed by atoms with van der Waals surface area (Å²) in [6.07, 6.45) is 0. The third-order valence-corrected chi connectivity index (χ3v) is 4.56. The van der Waals surface area contributed by atoms with E-state index in [-0.39, 0.29) is 11.6 Å². The van der Waals surface area contributed by atoms with Gasteiger partial charge in [-0.1, -0.05) is 6.07 Å². The summed E-state index contributed by atoms with van der Waals surface area (Å²) in [6, 6.07) is 8.03. The third-order valence-electron chi connectivity index (χ3n) is 2.20. The number of hydrogen-bond acceptors (Lipinski definition) is 4. The maximum atomic E-state index is 12.0. The summed E-state index contributed by atoms with van der Waals surface area (Å²) in [5.74, 6) is -0.278. The molecular formula is C11H10BrN3O3S2. The lowest BCUT2D eigenvalue weighted by Crippen LogP contribution is -2.21. The Morgan fingerprint density at radius 2 is 1.95 bits per heavy atom. The molecule has 106 valence electrons. The molecule has 0 aliphatic heterocycles. The minimum atomic E-state index is -3.84. The Hall–Kier alpha value is -1.42. The zero-order valence-electron chi connectivity index (χ0n) is 9.96. The van der Waals surface area contributed by atoms with E-state index in [4.69, 9.17) is 5.14 Å². The minimum Gasteiger partial charge on any atom is -0.321 e. The molecule has 0 unspecified atom stereocenters. The summed E-state index contributed by atoms with van der Waals surface area (Å²) >= 11 is 4.58. The predicted molar refractivity (Wildman–Crippen MR) is 83.1 cm³/mol. The number of hydrogen-bond donors (Lipinski definition) is 3. The Balaban J connectivity index is 2.16. The first kappa shape index (κ1) is 15.0. The van der Waals surface area contributed by atoms with Crippen molar-refractivity contribution in [1.82, 2.24) is 0 Å². The zero-order valence-corrected chi connectivity index (χ0v) is 13.2. The Kier molecular flexibility index (Phi) is 4.43. The van der Waals surface area contributed by atoms with Gasteiger partial charge in [0.25, 0.3) is 16.1 Å². The van der Waals surface area contributed by atoms with Crippen LogP contribution in [-0.2, 0) is 10.2 Å². The number of halogens is 1. The molecule has 6 nitrogen and oxygen atoms in total. The molecule has 9 heteroatoms. The van der Waals surface area contributed by atoms with E-state index >= 15 is 0 Å². The van der Waals surface area contributed by atoms with Crippen LogP contribution in [0.1, 0.15) is 9.67 Å². The van der Waals surface area contributed by atoms with Crippen LogP contribution in [0.15, 0.2) is 40.2 Å². The second-order valence-electron chi connectivity index (χ2n) is 3.78. The molecule has 0 spiro atoms. The Morgan fingerprint density at radius 3 is 2.55 bits per heavy atom. The molecule has 2 rings (SSSR count). The number of nitrogens with one attached hydrogen (secondary N) is 2. The van der Waals surface area contributed by atoms with E-state index in [1.165, 1.54) is 23.5 Å². The van der Waals surface area contributed by atoms with Gasteiger partial charge >= 0.3 is 0 Å². The first-order valence-corrected chi connectivity index (χ1v) is 8.52. The molecule has 0 atom stereocenters. The van der Waals surface area contributed by atoms with Crippen LogP contribution in [0.25, 0.3) is 0 Å². The summed E-state index contributed by atoms with van der Waals surface area (Å²) in [6.45, 7) is 0. The average Bonchev–Trinajstić information content (AvgIpc) is 2.73. The molecule has 2 aromatic rings. The summed E-state index contributed by atoms with van der Waals surface area (Å²) in [5.41, 5.74) is 0.736. The van der Waals surface area contributed by atoms with Gasteiger partial charge in [-0.05, 0) is 45.6 Å². The van der Waals surface area contributed by atoms with Gasteiger partial charge in [-0.15, -0.1) is 11.3 Å². The fourth-order valence-electron chi connectivity index (χ4n) is 1.47. The van der Waals surface area contributed by atoms with Crippen LogP contribution in [0.5, 0.6) is 0 Å². The molecule has 0 radical (unpaired) electrons. The number of carbonyl (C=O) groups is 1. The maximum absolute atomic E-state index is 12.0. The van der Waals surface area contributed by atoms with Crippen LogP contribution in [0, 0.1) is 0 Å². The lowest BCUT2D eigenvalue weighted by molar-refractivity contribution is 0.103. The van der Waals surface area contributed by atoms with Crippen molar-refractivity contribution in [2.45, 2.75) is 0 Å². The number of amides is 1. The van der Waals surface area contributed by atoms with E-state index in [9.17, 15) is 13.2 Å². The van der Waals surface area contributed by atoms with Gasteiger partial charge in [0, 0.05) is 10.2 Å². The topological polar surface area (TPSA) is 101 Å². The number of thiophene rings is 1. The van der Waals surface area contributed by atoms with Crippen LogP contribution >= 0.6 is 27.3 Å². The highest BCUT2D eigenvalue weighted by atomic mass is 79.9. The third kappa shape index (κ3) is 4.04. The van der Waals surface area contributed by atoms with Crippen LogP contribution in [-0.4, -0.2) is 14.3 Å². The molecule has 0 fully saturated rings. The van der Waals surface area contributed by atoms with Gasteiger partial charge < -0.3 is 5.32 Å². The van der Waals surface area contributed by atoms with Gasteiger partial charge in [-0.25, -0.2) is 5.14 Å². The van der Waals surface area contributed by atoms with E-state index in [0.29, 0.717) is 15.0 Å². The standard InChI is InChI=1S/C11H10BrN3O3S2/c12-9-4-5-19-10(9)11(16)14-7-2-1-3-8(6-7)15-20(13,17)18/h1-6,15H,(H,14,16)(H2,13,17,18). The molecule has 0 aliphatic carbocycles. The van der Waals surface area contributed by atoms with E-state index < -0.39 is 10.2 Å². The molecule has 20 heavy (non-hydrogen) atoms. The highest BCUT2D eigenvalue weighted by molar-refractivity contribution is 9.10. The van der Waals surface area contributed by atoms with Crippen molar-refractivity contribution in [2.75, 3.05) is 10.0 Å². The first-order valence-electron chi connectivity index (χ1n) is 5.30. The molecule has 1 amide bonds. The quantitative estimate of drug-likeness (QED) is 0.764. The maximum Gasteiger partial charge on any atom is 0.296 e. The van der Waals surface area contributed by atoms with Crippen molar-refractivity contribution in [3.8, 4) is 0 Å². The second-order valence-corrected chi connectivity index (χ2v) is 6.84. The molecule has 0 bridgehead atoms. The highest BCUT2D eigenvalue weighted by Crippen LogP contribution is 2.24. The van der Waals surface area contributed by atoms with E-state index in [1.54, 1.807) is 23.6 Å². The monoisotopic (exact) mass is 375 g/mol. The van der Waals surface area contributed by atoms with Gasteiger partial charge in [0.15, 0.2) is 0 Å². The normalized spacial score (nSPS) is 11.1. The smallest absolute Gasteiger partial charge is 0.296 e. The molecule has 1 aromatic carbocycles. The Morgan fingerprint density at radius 1 is 1.25 bits per heavy atom. The van der Waals surface area contributed by atoms with Crippen molar-refractivity contribution in [3.05, 3.63) is 45.1 Å². The second kappa shape index (κ2) is 5.92. The van der Waals surface area contributed by atoms with Crippen LogP contribution in [0.2, 0.25) is 0 Å². The lowest BCUT2D eigenvalue weighted by Gasteiger charge is -2.07. The molecule has 0 saturated heterocycles. The summed E-state index contributed by atoms with van der Waals surface area (Å²) in [4.78, 5) is 12.5. The average molecular weight is 376 g/mol. The van der Waals surface area contributed by atoms with E-state index in [1.807, 2.05) is 0 Å². The fourth-order valence-corrected chi connectivity index (χ4v) is 3.37. The van der Waals surface area contributed by atoms with Gasteiger partial charge in [0.1, 0.15) is 4.88 Å². The van der Waals surface area contributed by atoms with Gasteiger partial charge in [-0.2, -0.15) is 8.42 Å². The molecule has 0 aliphatic rings. The number of carbonyl (C=O) groups excluding carboxylic acids is 1. The molecule has 1 heterocycles. The minimum absolute atomic E-state index is 0.274. The van der Waals surface area contributed by atoms with Crippen LogP contribution in [0.3, 0.4) is 0 Å². The largest absolute Gasteiger partial charge is 0.321 e. The Bertz CT molecular complexity index is 743. The number of rotatable bonds is 4. The lowest BCUT2D eigenvalue weighted by atomic mass is 10.3. The van der Waals surface area contributed by atoms with Crippen LogP contribution in [0.4, 0.5) is 11.4 Å². The highest BCUT2D eigenvalue weighted by Gasteiger charge is 2.12. The summed E-state index contributed by atoms with van der Waals surface area (Å²) < 4.78 is 24.7. The van der Waals surface area contributed by atoms with Gasteiger partial charge in [0.2, 0.25) is 0 Å². The first-order chi connectivity index (χ1) is 9.35. The predicted octanol–water partition coefficient (Wildman–Crippen LogP) is 2.38. The van der Waals surface area contributed by atoms with Crippen molar-refractivity contribution < 1.29 is 13.2 Å². The molecular weight excluding hydrogens is 366 g/mol. The van der Waals surface area contributed by atoms with Gasteiger partial charge in [-0.3, -0.25) is 9.52 Å². The fraction of sp³-hybridized carbons (Fsp3) is 0. The van der Waals surface area contributed by atoms with Crippen molar-refractivity contribution in [2.24, 2.45) is 5.14 Å². The summed E-state index contributed by atoms with van der Waals surface area (Å²) in [5, 5.41) is 9.35. The Labute approximate surface area is 128 Å². The molecule has 4 N–H and O–H groups in total. The zero-order chi connectivity index (χ0) is 14.8. The van der Waals surface area contributed by atoms with Crippen molar-refractivity contribution in [1.29, 1.82) is 0 Å². The summed E-state index contributed by atoms with van der Waals surface area (Å²) in [7, 11) is -3.84.